The molecule has 1 aliphatic carbocycles. The highest BCUT2D eigenvalue weighted by atomic mass is 16.4. The number of carbonyl (C=O) groups excluding carboxylic acids is 2. The Balaban J connectivity index is 2.02. The minimum atomic E-state index is -1.49. The Labute approximate surface area is 99.1 Å². The first-order chi connectivity index (χ1) is 8.09. The number of nitrogens with zero attached hydrogens (tertiary/aromatic N) is 1. The molecular formula is C12H15NO4. The van der Waals surface area contributed by atoms with Crippen LogP contribution in [0.3, 0.4) is 0 Å². The lowest BCUT2D eigenvalue weighted by atomic mass is 9.85. The molecule has 0 aromatic rings. The molecule has 5 nitrogen and oxygen atoms in total. The van der Waals surface area contributed by atoms with Crippen LogP contribution in [0.4, 0.5) is 4.79 Å². The van der Waals surface area contributed by atoms with Crippen LogP contribution in [0.15, 0.2) is 11.6 Å². The third-order valence-corrected chi connectivity index (χ3v) is 3.42. The first kappa shape index (κ1) is 11.8. The molecule has 1 aliphatic heterocycles. The van der Waals surface area contributed by atoms with Gasteiger partial charge < -0.3 is 5.11 Å². The van der Waals surface area contributed by atoms with Crippen LogP contribution in [0, 0.1) is 5.92 Å². The number of hydrogen-bond donors (Lipinski definition) is 1. The van der Waals surface area contributed by atoms with Gasteiger partial charge in [-0.1, -0.05) is 32.1 Å². The van der Waals surface area contributed by atoms with Gasteiger partial charge in [0, 0.05) is 11.6 Å². The third-order valence-electron chi connectivity index (χ3n) is 3.42. The van der Waals surface area contributed by atoms with Crippen molar-refractivity contribution in [2.75, 3.05) is 0 Å². The lowest BCUT2D eigenvalue weighted by molar-refractivity contribution is -0.134. The van der Waals surface area contributed by atoms with Crippen molar-refractivity contribution in [1.82, 2.24) is 4.90 Å². The Hall–Kier alpha value is -1.65. The molecular weight excluding hydrogens is 222 g/mol. The second-order valence-electron chi connectivity index (χ2n) is 4.64. The van der Waals surface area contributed by atoms with E-state index >= 15 is 0 Å². The van der Waals surface area contributed by atoms with Gasteiger partial charge in [0.1, 0.15) is 0 Å². The summed E-state index contributed by atoms with van der Waals surface area (Å²) < 4.78 is 0. The molecule has 0 spiro atoms. The number of hydrogen-bond acceptors (Lipinski definition) is 3. The zero-order chi connectivity index (χ0) is 12.4. The van der Waals surface area contributed by atoms with Crippen molar-refractivity contribution in [3.63, 3.8) is 0 Å². The molecule has 0 atom stereocenters. The molecule has 17 heavy (non-hydrogen) atoms. The fourth-order valence-electron chi connectivity index (χ4n) is 2.55. The number of carbonyl (C=O) groups is 3. The molecule has 1 fully saturated rings. The average molecular weight is 237 g/mol. The zero-order valence-corrected chi connectivity index (χ0v) is 9.52. The van der Waals surface area contributed by atoms with Crippen molar-refractivity contribution in [1.29, 1.82) is 0 Å². The van der Waals surface area contributed by atoms with E-state index in [1.54, 1.807) is 0 Å². The van der Waals surface area contributed by atoms with Crippen LogP contribution < -0.4 is 0 Å². The van der Waals surface area contributed by atoms with E-state index in [0.29, 0.717) is 17.9 Å². The molecule has 2 aliphatic rings. The second kappa shape index (κ2) is 4.69. The summed E-state index contributed by atoms with van der Waals surface area (Å²) in [6.07, 6.45) is 5.88. The van der Waals surface area contributed by atoms with Gasteiger partial charge in [-0.2, -0.15) is 4.90 Å². The maximum absolute atomic E-state index is 11.7. The highest BCUT2D eigenvalue weighted by molar-refractivity contribution is 6.23. The van der Waals surface area contributed by atoms with E-state index in [2.05, 4.69) is 0 Å². The number of carboxylic acid groups (broad SMARTS) is 1. The predicted molar refractivity (Wildman–Crippen MR) is 59.2 cm³/mol. The van der Waals surface area contributed by atoms with Crippen LogP contribution in [0.2, 0.25) is 0 Å². The lowest BCUT2D eigenvalue weighted by Crippen LogP contribution is -2.36. The zero-order valence-electron chi connectivity index (χ0n) is 9.52. The van der Waals surface area contributed by atoms with Crippen LogP contribution >= 0.6 is 0 Å². The molecule has 0 radical (unpaired) electrons. The van der Waals surface area contributed by atoms with E-state index < -0.39 is 17.9 Å². The Bertz CT molecular complexity index is 393. The van der Waals surface area contributed by atoms with E-state index in [0.717, 1.165) is 25.7 Å². The van der Waals surface area contributed by atoms with E-state index in [-0.39, 0.29) is 4.90 Å². The highest BCUT2D eigenvalue weighted by Crippen LogP contribution is 2.30. The fraction of sp³-hybridized carbons (Fsp3) is 0.583. The van der Waals surface area contributed by atoms with Crippen molar-refractivity contribution in [3.8, 4) is 0 Å². The monoisotopic (exact) mass is 237 g/mol. The second-order valence-corrected chi connectivity index (χ2v) is 4.64. The molecule has 2 rings (SSSR count). The summed E-state index contributed by atoms with van der Waals surface area (Å²) in [5.74, 6) is -0.970. The highest BCUT2D eigenvalue weighted by Gasteiger charge is 2.36. The summed E-state index contributed by atoms with van der Waals surface area (Å²) in [7, 11) is 0. The van der Waals surface area contributed by atoms with Gasteiger partial charge in [-0.05, 0) is 12.3 Å². The van der Waals surface area contributed by atoms with Gasteiger partial charge in [0.2, 0.25) is 0 Å². The number of rotatable bonds is 2. The molecule has 0 saturated heterocycles. The molecule has 3 amide bonds. The molecule has 0 bridgehead atoms. The van der Waals surface area contributed by atoms with E-state index in [9.17, 15) is 14.4 Å². The van der Waals surface area contributed by atoms with Gasteiger partial charge in [-0.15, -0.1) is 0 Å². The largest absolute Gasteiger partial charge is 0.464 e. The predicted octanol–water partition coefficient (Wildman–Crippen LogP) is 1.93. The molecule has 0 aromatic heterocycles. The standard InChI is InChI=1S/C12H15NO4/c14-10-7-9(11(15)13(10)12(16)17)6-8-4-2-1-3-5-8/h7-8H,1-6H2,(H,16,17). The van der Waals surface area contributed by atoms with Crippen molar-refractivity contribution >= 4 is 17.9 Å². The number of imide groups is 3. The first-order valence-corrected chi connectivity index (χ1v) is 5.91. The Kier molecular flexibility index (Phi) is 3.26. The quantitative estimate of drug-likeness (QED) is 0.744. The van der Waals surface area contributed by atoms with Gasteiger partial charge in [-0.25, -0.2) is 4.79 Å². The first-order valence-electron chi connectivity index (χ1n) is 5.91. The maximum atomic E-state index is 11.7. The van der Waals surface area contributed by atoms with Crippen LogP contribution in [-0.4, -0.2) is 27.9 Å². The Morgan fingerprint density at radius 1 is 1.29 bits per heavy atom. The molecule has 0 unspecified atom stereocenters. The SMILES string of the molecule is O=C(O)N1C(=O)C=C(CC2CCCCC2)C1=O. The van der Waals surface area contributed by atoms with E-state index in [1.807, 2.05) is 0 Å². The van der Waals surface area contributed by atoms with Gasteiger partial charge in [0.15, 0.2) is 0 Å². The molecule has 1 heterocycles. The van der Waals surface area contributed by atoms with Crippen molar-refractivity contribution in [2.24, 2.45) is 5.92 Å². The summed E-state index contributed by atoms with van der Waals surface area (Å²) in [6, 6.07) is 0. The molecule has 1 saturated carbocycles. The molecule has 5 heteroatoms. The smallest absolute Gasteiger partial charge is 0.421 e. The van der Waals surface area contributed by atoms with E-state index in [4.69, 9.17) is 5.11 Å². The fourth-order valence-corrected chi connectivity index (χ4v) is 2.55. The van der Waals surface area contributed by atoms with Crippen molar-refractivity contribution in [3.05, 3.63) is 11.6 Å². The topological polar surface area (TPSA) is 74.7 Å². The van der Waals surface area contributed by atoms with Gasteiger partial charge in [0.25, 0.3) is 11.8 Å². The molecule has 92 valence electrons. The normalized spacial score (nSPS) is 21.9. The van der Waals surface area contributed by atoms with Crippen molar-refractivity contribution < 1.29 is 19.5 Å². The summed E-state index contributed by atoms with van der Waals surface area (Å²) >= 11 is 0. The Morgan fingerprint density at radius 3 is 2.47 bits per heavy atom. The van der Waals surface area contributed by atoms with Crippen LogP contribution in [0.1, 0.15) is 38.5 Å². The summed E-state index contributed by atoms with van der Waals surface area (Å²) in [4.78, 5) is 34.0. The lowest BCUT2D eigenvalue weighted by Gasteiger charge is -2.21. The van der Waals surface area contributed by atoms with Gasteiger partial charge in [-0.3, -0.25) is 9.59 Å². The van der Waals surface area contributed by atoms with Gasteiger partial charge in [0.05, 0.1) is 0 Å². The molecule has 1 N–H and O–H groups in total. The minimum Gasteiger partial charge on any atom is -0.464 e. The number of amides is 3. The summed E-state index contributed by atoms with van der Waals surface area (Å²) in [5, 5.41) is 8.73. The summed E-state index contributed by atoms with van der Waals surface area (Å²) in [6.45, 7) is 0. The third kappa shape index (κ3) is 2.38. The minimum absolute atomic E-state index is 0.290. The van der Waals surface area contributed by atoms with Crippen LogP contribution in [0.5, 0.6) is 0 Å². The van der Waals surface area contributed by atoms with E-state index in [1.165, 1.54) is 12.5 Å². The van der Waals surface area contributed by atoms with Crippen LogP contribution in [0.25, 0.3) is 0 Å². The maximum Gasteiger partial charge on any atom is 0.421 e. The average Bonchev–Trinajstić information content (AvgIpc) is 2.55. The van der Waals surface area contributed by atoms with Gasteiger partial charge >= 0.3 is 6.09 Å². The molecule has 0 aromatic carbocycles. The summed E-state index contributed by atoms with van der Waals surface area (Å²) in [5.41, 5.74) is 0.351. The Morgan fingerprint density at radius 2 is 1.94 bits per heavy atom. The van der Waals surface area contributed by atoms with Crippen LogP contribution in [-0.2, 0) is 9.59 Å². The van der Waals surface area contributed by atoms with Crippen molar-refractivity contribution in [2.45, 2.75) is 38.5 Å².